The van der Waals surface area contributed by atoms with Crippen molar-refractivity contribution < 1.29 is 14.5 Å². The summed E-state index contributed by atoms with van der Waals surface area (Å²) in [7, 11) is 1.34. The summed E-state index contributed by atoms with van der Waals surface area (Å²) < 4.78 is 6.67. The number of esters is 1. The molecule has 0 atom stereocenters. The summed E-state index contributed by atoms with van der Waals surface area (Å²) >= 11 is 0. The zero-order valence-corrected chi connectivity index (χ0v) is 18.3. The number of benzene rings is 2. The molecule has 4 aromatic rings. The normalized spacial score (nSPS) is 13.3. The lowest BCUT2D eigenvalue weighted by molar-refractivity contribution is -0.384. The minimum Gasteiger partial charge on any atom is -0.464 e. The van der Waals surface area contributed by atoms with Crippen molar-refractivity contribution in [3.8, 4) is 11.1 Å². The molecule has 0 unspecified atom stereocenters. The van der Waals surface area contributed by atoms with Gasteiger partial charge in [-0.15, -0.1) is 0 Å². The third kappa shape index (κ3) is 3.84. The van der Waals surface area contributed by atoms with E-state index in [2.05, 4.69) is 4.98 Å². The molecule has 8 nitrogen and oxygen atoms in total. The van der Waals surface area contributed by atoms with Gasteiger partial charge in [0.1, 0.15) is 0 Å². The number of aromatic nitrogens is 3. The number of nitro groups is 1. The Kier molecular flexibility index (Phi) is 5.12. The predicted molar refractivity (Wildman–Crippen MR) is 122 cm³/mol. The van der Waals surface area contributed by atoms with Crippen LogP contribution in [-0.2, 0) is 11.2 Å². The lowest BCUT2D eigenvalue weighted by atomic mass is 9.98. The van der Waals surface area contributed by atoms with Gasteiger partial charge >= 0.3 is 5.97 Å². The number of para-hydroxylation sites is 1. The first-order valence-corrected chi connectivity index (χ1v) is 10.8. The Bertz CT molecular complexity index is 1390. The van der Waals surface area contributed by atoms with Gasteiger partial charge in [-0.2, -0.15) is 5.10 Å². The second kappa shape index (κ2) is 8.12. The molecule has 0 amide bonds. The monoisotopic (exact) mass is 442 g/mol. The highest BCUT2D eigenvalue weighted by Crippen LogP contribution is 2.42. The van der Waals surface area contributed by atoms with E-state index >= 15 is 0 Å². The van der Waals surface area contributed by atoms with Crippen LogP contribution in [0.25, 0.3) is 16.8 Å². The van der Waals surface area contributed by atoms with E-state index in [1.165, 1.54) is 13.2 Å². The van der Waals surface area contributed by atoms with Gasteiger partial charge in [0.25, 0.3) is 5.69 Å². The van der Waals surface area contributed by atoms with E-state index in [0.29, 0.717) is 23.5 Å². The van der Waals surface area contributed by atoms with Gasteiger partial charge in [-0.25, -0.2) is 14.3 Å². The molecule has 0 aliphatic heterocycles. The summed E-state index contributed by atoms with van der Waals surface area (Å²) in [5.74, 6) is -0.0663. The number of methoxy groups -OCH3 is 1. The van der Waals surface area contributed by atoms with Gasteiger partial charge in [-0.05, 0) is 43.0 Å². The third-order valence-electron chi connectivity index (χ3n) is 6.00. The standard InChI is InChI=1S/C25H22N4O4/c1-15-13-21(25(30)33-2)26-24-20(23(18-11-12-18)27-28(15)24)14-16-7-9-17(10-8-16)19-5-3-4-6-22(19)29(31)32/h3-10,13,18H,11-12,14H2,1-2H3. The first-order chi connectivity index (χ1) is 16.0. The number of rotatable bonds is 6. The van der Waals surface area contributed by atoms with Crippen LogP contribution in [0.2, 0.25) is 0 Å². The van der Waals surface area contributed by atoms with Crippen LogP contribution in [-0.4, -0.2) is 32.6 Å². The molecule has 5 rings (SSSR count). The van der Waals surface area contributed by atoms with Crippen molar-refractivity contribution in [1.82, 2.24) is 14.6 Å². The van der Waals surface area contributed by atoms with Crippen LogP contribution < -0.4 is 0 Å². The van der Waals surface area contributed by atoms with Crippen molar-refractivity contribution in [2.45, 2.75) is 32.1 Å². The Morgan fingerprint density at radius 2 is 1.91 bits per heavy atom. The van der Waals surface area contributed by atoms with Crippen LogP contribution in [0.15, 0.2) is 54.6 Å². The smallest absolute Gasteiger partial charge is 0.356 e. The molecular formula is C25H22N4O4. The average Bonchev–Trinajstić information content (AvgIpc) is 3.61. The number of aryl methyl sites for hydroxylation is 1. The van der Waals surface area contributed by atoms with Gasteiger partial charge in [0.05, 0.1) is 23.3 Å². The maximum Gasteiger partial charge on any atom is 0.356 e. The fourth-order valence-electron chi connectivity index (χ4n) is 4.17. The second-order valence-corrected chi connectivity index (χ2v) is 8.30. The summed E-state index contributed by atoms with van der Waals surface area (Å²) in [6, 6.07) is 16.2. The number of nitro benzene ring substituents is 1. The largest absolute Gasteiger partial charge is 0.464 e. The van der Waals surface area contributed by atoms with Gasteiger partial charge < -0.3 is 4.74 Å². The molecule has 1 aliphatic rings. The maximum absolute atomic E-state index is 12.1. The summed E-state index contributed by atoms with van der Waals surface area (Å²) in [5.41, 5.74) is 6.27. The van der Waals surface area contributed by atoms with Crippen LogP contribution in [0.1, 0.15) is 51.8 Å². The van der Waals surface area contributed by atoms with Crippen molar-refractivity contribution in [3.63, 3.8) is 0 Å². The van der Waals surface area contributed by atoms with E-state index in [9.17, 15) is 14.9 Å². The van der Waals surface area contributed by atoms with Gasteiger partial charge in [0.15, 0.2) is 11.3 Å². The number of hydrogen-bond acceptors (Lipinski definition) is 6. The van der Waals surface area contributed by atoms with Crippen LogP contribution in [0.3, 0.4) is 0 Å². The Morgan fingerprint density at radius 1 is 1.18 bits per heavy atom. The molecule has 2 heterocycles. The number of hydrogen-bond donors (Lipinski definition) is 0. The molecule has 2 aromatic heterocycles. The number of carbonyl (C=O) groups is 1. The SMILES string of the molecule is COC(=O)c1cc(C)n2nc(C3CC3)c(Cc3ccc(-c4ccccc4[N+](=O)[O-])cc3)c2n1. The molecule has 0 bridgehead atoms. The number of fused-ring (bicyclic) bond motifs is 1. The molecule has 0 saturated heterocycles. The highest BCUT2D eigenvalue weighted by atomic mass is 16.6. The van der Waals surface area contributed by atoms with E-state index in [1.807, 2.05) is 31.2 Å². The average molecular weight is 442 g/mol. The van der Waals surface area contributed by atoms with Crippen molar-refractivity contribution in [1.29, 1.82) is 0 Å². The number of carbonyl (C=O) groups excluding carboxylic acids is 1. The molecule has 166 valence electrons. The minimum atomic E-state index is -0.477. The fourth-order valence-corrected chi connectivity index (χ4v) is 4.17. The molecule has 0 spiro atoms. The zero-order valence-electron chi connectivity index (χ0n) is 18.3. The third-order valence-corrected chi connectivity index (χ3v) is 6.00. The van der Waals surface area contributed by atoms with Crippen molar-refractivity contribution >= 4 is 17.3 Å². The molecule has 1 fully saturated rings. The van der Waals surface area contributed by atoms with E-state index < -0.39 is 5.97 Å². The molecule has 2 aromatic carbocycles. The van der Waals surface area contributed by atoms with Gasteiger partial charge in [0, 0.05) is 29.7 Å². The minimum absolute atomic E-state index is 0.0823. The van der Waals surface area contributed by atoms with E-state index in [1.54, 1.807) is 28.8 Å². The first-order valence-electron chi connectivity index (χ1n) is 10.8. The summed E-state index contributed by atoms with van der Waals surface area (Å²) in [5, 5.41) is 16.2. The lowest BCUT2D eigenvalue weighted by Crippen LogP contribution is -2.08. The Labute approximate surface area is 190 Å². The molecule has 1 aliphatic carbocycles. The molecular weight excluding hydrogens is 420 g/mol. The van der Waals surface area contributed by atoms with E-state index in [4.69, 9.17) is 9.84 Å². The van der Waals surface area contributed by atoms with E-state index in [-0.39, 0.29) is 16.3 Å². The van der Waals surface area contributed by atoms with Crippen molar-refractivity contribution in [2.24, 2.45) is 0 Å². The van der Waals surface area contributed by atoms with Gasteiger partial charge in [-0.3, -0.25) is 10.1 Å². The first kappa shape index (κ1) is 20.8. The second-order valence-electron chi connectivity index (χ2n) is 8.30. The van der Waals surface area contributed by atoms with Crippen molar-refractivity contribution in [3.05, 3.63) is 92.9 Å². The van der Waals surface area contributed by atoms with E-state index in [0.717, 1.165) is 40.9 Å². The summed E-state index contributed by atoms with van der Waals surface area (Å²) in [6.07, 6.45) is 2.79. The van der Waals surface area contributed by atoms with Gasteiger partial charge in [-0.1, -0.05) is 36.4 Å². The molecule has 8 heteroatoms. The molecule has 1 saturated carbocycles. The molecule has 0 radical (unpaired) electrons. The predicted octanol–water partition coefficient (Wildman–Crippen LogP) is 4.87. The molecule has 33 heavy (non-hydrogen) atoms. The molecule has 0 N–H and O–H groups in total. The maximum atomic E-state index is 12.1. The number of ether oxygens (including phenoxy) is 1. The Balaban J connectivity index is 1.54. The summed E-state index contributed by atoms with van der Waals surface area (Å²) in [4.78, 5) is 27.7. The Hall–Kier alpha value is -4.07. The number of nitrogens with zero attached hydrogens (tertiary/aromatic N) is 4. The van der Waals surface area contributed by atoms with Crippen LogP contribution >= 0.6 is 0 Å². The Morgan fingerprint density at radius 3 is 2.58 bits per heavy atom. The van der Waals surface area contributed by atoms with Crippen LogP contribution in [0.5, 0.6) is 0 Å². The van der Waals surface area contributed by atoms with Crippen LogP contribution in [0, 0.1) is 17.0 Å². The zero-order chi connectivity index (χ0) is 23.1. The van der Waals surface area contributed by atoms with Crippen LogP contribution in [0.4, 0.5) is 5.69 Å². The fraction of sp³-hybridized carbons (Fsp3) is 0.240. The summed E-state index contributed by atoms with van der Waals surface area (Å²) in [6.45, 7) is 1.90. The quantitative estimate of drug-likeness (QED) is 0.240. The highest BCUT2D eigenvalue weighted by molar-refractivity contribution is 5.88. The topological polar surface area (TPSA) is 99.6 Å². The van der Waals surface area contributed by atoms with Crippen molar-refractivity contribution in [2.75, 3.05) is 7.11 Å². The highest BCUT2D eigenvalue weighted by Gasteiger charge is 2.31. The lowest BCUT2D eigenvalue weighted by Gasteiger charge is -2.07. The van der Waals surface area contributed by atoms with Gasteiger partial charge in [0.2, 0.25) is 0 Å².